The van der Waals surface area contributed by atoms with Crippen LogP contribution in [0.25, 0.3) is 0 Å². The van der Waals surface area contributed by atoms with E-state index in [4.69, 9.17) is 5.73 Å². The third-order valence-corrected chi connectivity index (χ3v) is 3.92. The van der Waals surface area contributed by atoms with Gasteiger partial charge in [0.25, 0.3) is 5.91 Å². The van der Waals surface area contributed by atoms with Crippen molar-refractivity contribution in [1.29, 1.82) is 0 Å². The van der Waals surface area contributed by atoms with Crippen molar-refractivity contribution in [2.75, 3.05) is 5.32 Å². The summed E-state index contributed by atoms with van der Waals surface area (Å²) in [7, 11) is 0. The Bertz CT molecular complexity index is 896. The average Bonchev–Trinajstić information content (AvgIpc) is 3.01. The third kappa shape index (κ3) is 3.92. The molecule has 126 valence electrons. The molecule has 6 nitrogen and oxygen atoms in total. The third-order valence-electron chi connectivity index (χ3n) is 3.92. The van der Waals surface area contributed by atoms with Gasteiger partial charge in [-0.2, -0.15) is 0 Å². The summed E-state index contributed by atoms with van der Waals surface area (Å²) in [5.41, 5.74) is 7.85. The fourth-order valence-electron chi connectivity index (χ4n) is 2.45. The smallest absolute Gasteiger partial charge is 0.255 e. The number of aromatic nitrogens is 2. The minimum atomic E-state index is -0.499. The normalized spacial score (nSPS) is 10.4. The molecule has 3 aromatic rings. The average molecular weight is 334 g/mol. The molecule has 1 heterocycles. The van der Waals surface area contributed by atoms with E-state index in [1.54, 1.807) is 42.6 Å². The molecule has 0 spiro atoms. The molecule has 1 aromatic heterocycles. The Morgan fingerprint density at radius 2 is 1.68 bits per heavy atom. The Morgan fingerprint density at radius 1 is 1.04 bits per heavy atom. The van der Waals surface area contributed by atoms with Crippen LogP contribution in [0.5, 0.6) is 0 Å². The number of primary amides is 1. The number of nitrogens with two attached hydrogens (primary N) is 1. The number of nitrogens with zero attached hydrogens (tertiary/aromatic N) is 2. The number of carbonyl (C=O) groups is 2. The highest BCUT2D eigenvalue weighted by atomic mass is 16.2. The number of aryl methyl sites for hydroxylation is 1. The monoisotopic (exact) mass is 334 g/mol. The van der Waals surface area contributed by atoms with E-state index in [0.29, 0.717) is 23.4 Å². The van der Waals surface area contributed by atoms with Crippen molar-refractivity contribution < 1.29 is 9.59 Å². The number of anilines is 1. The lowest BCUT2D eigenvalue weighted by atomic mass is 10.1. The molecule has 6 heteroatoms. The summed E-state index contributed by atoms with van der Waals surface area (Å²) in [6.07, 6.45) is 3.69. The van der Waals surface area contributed by atoms with Crippen LogP contribution < -0.4 is 11.1 Å². The zero-order valence-electron chi connectivity index (χ0n) is 13.8. The number of hydrogen-bond acceptors (Lipinski definition) is 3. The van der Waals surface area contributed by atoms with Crippen LogP contribution in [-0.4, -0.2) is 21.4 Å². The maximum atomic E-state index is 12.3. The molecule has 0 aliphatic carbocycles. The predicted molar refractivity (Wildman–Crippen MR) is 95.4 cm³/mol. The fourth-order valence-corrected chi connectivity index (χ4v) is 2.45. The summed E-state index contributed by atoms with van der Waals surface area (Å²) in [6, 6.07) is 13.9. The molecule has 0 fully saturated rings. The van der Waals surface area contributed by atoms with Gasteiger partial charge in [-0.3, -0.25) is 9.59 Å². The Hall–Kier alpha value is -3.41. The Labute approximate surface area is 145 Å². The molecule has 0 saturated heterocycles. The zero-order valence-corrected chi connectivity index (χ0v) is 13.8. The van der Waals surface area contributed by atoms with E-state index in [-0.39, 0.29) is 5.91 Å². The van der Waals surface area contributed by atoms with Crippen molar-refractivity contribution >= 4 is 17.5 Å². The largest absolute Gasteiger partial charge is 0.366 e. The first kappa shape index (κ1) is 16.4. The van der Waals surface area contributed by atoms with E-state index >= 15 is 0 Å². The molecule has 0 atom stereocenters. The number of nitrogens with one attached hydrogen (secondary N) is 1. The second kappa shape index (κ2) is 7.00. The minimum Gasteiger partial charge on any atom is -0.366 e. The van der Waals surface area contributed by atoms with Gasteiger partial charge >= 0.3 is 0 Å². The van der Waals surface area contributed by atoms with Crippen LogP contribution in [0, 0.1) is 6.92 Å². The van der Waals surface area contributed by atoms with E-state index in [1.165, 1.54) is 0 Å². The van der Waals surface area contributed by atoms with E-state index in [2.05, 4.69) is 10.3 Å². The number of benzene rings is 2. The fraction of sp³-hybridized carbons (Fsp3) is 0.105. The first-order valence-electron chi connectivity index (χ1n) is 7.81. The second-order valence-electron chi connectivity index (χ2n) is 5.70. The van der Waals surface area contributed by atoms with Gasteiger partial charge in [0.05, 0.1) is 0 Å². The van der Waals surface area contributed by atoms with Crippen LogP contribution in [0.2, 0.25) is 0 Å². The molecule has 0 bridgehead atoms. The molecular weight excluding hydrogens is 316 g/mol. The molecule has 2 amide bonds. The molecule has 0 radical (unpaired) electrons. The highest BCUT2D eigenvalue weighted by molar-refractivity contribution is 6.04. The van der Waals surface area contributed by atoms with Crippen molar-refractivity contribution in [3.05, 3.63) is 83.4 Å². The van der Waals surface area contributed by atoms with Gasteiger partial charge < -0.3 is 15.6 Å². The van der Waals surface area contributed by atoms with E-state index in [0.717, 1.165) is 11.4 Å². The molecule has 0 saturated carbocycles. The summed E-state index contributed by atoms with van der Waals surface area (Å²) in [4.78, 5) is 27.5. The number of amides is 2. The molecule has 3 N–H and O–H groups in total. The lowest BCUT2D eigenvalue weighted by Gasteiger charge is -2.08. The van der Waals surface area contributed by atoms with Gasteiger partial charge in [0.1, 0.15) is 5.82 Å². The van der Waals surface area contributed by atoms with Gasteiger partial charge in [-0.1, -0.05) is 12.1 Å². The van der Waals surface area contributed by atoms with Crippen molar-refractivity contribution in [2.24, 2.45) is 5.73 Å². The minimum absolute atomic E-state index is 0.211. The van der Waals surface area contributed by atoms with E-state index in [9.17, 15) is 9.59 Å². The van der Waals surface area contributed by atoms with Crippen LogP contribution in [0.4, 0.5) is 5.69 Å². The summed E-state index contributed by atoms with van der Waals surface area (Å²) in [6.45, 7) is 2.66. The van der Waals surface area contributed by atoms with E-state index in [1.807, 2.05) is 29.8 Å². The van der Waals surface area contributed by atoms with Crippen LogP contribution in [-0.2, 0) is 6.54 Å². The number of imidazole rings is 1. The van der Waals surface area contributed by atoms with Crippen LogP contribution >= 0.6 is 0 Å². The van der Waals surface area contributed by atoms with Crippen molar-refractivity contribution in [3.8, 4) is 0 Å². The molecular formula is C19H18N4O2. The summed E-state index contributed by atoms with van der Waals surface area (Å²) < 4.78 is 2.04. The summed E-state index contributed by atoms with van der Waals surface area (Å²) >= 11 is 0. The van der Waals surface area contributed by atoms with Gasteiger partial charge in [0.2, 0.25) is 5.91 Å². The predicted octanol–water partition coefficient (Wildman–Crippen LogP) is 2.59. The lowest BCUT2D eigenvalue weighted by molar-refractivity contribution is 0.0998. The first-order valence-corrected chi connectivity index (χ1v) is 7.81. The summed E-state index contributed by atoms with van der Waals surface area (Å²) in [5.74, 6) is 0.236. The Balaban J connectivity index is 1.66. The second-order valence-corrected chi connectivity index (χ2v) is 5.70. The number of rotatable bonds is 5. The quantitative estimate of drug-likeness (QED) is 0.751. The van der Waals surface area contributed by atoms with Crippen LogP contribution in [0.3, 0.4) is 0 Å². The number of hydrogen-bond donors (Lipinski definition) is 2. The topological polar surface area (TPSA) is 90.0 Å². The van der Waals surface area contributed by atoms with Gasteiger partial charge in [-0.05, 0) is 48.9 Å². The maximum Gasteiger partial charge on any atom is 0.255 e. The Kier molecular flexibility index (Phi) is 4.61. The Morgan fingerprint density at radius 3 is 2.24 bits per heavy atom. The van der Waals surface area contributed by atoms with Crippen LogP contribution in [0.15, 0.2) is 60.9 Å². The van der Waals surface area contributed by atoms with Gasteiger partial charge in [-0.25, -0.2) is 4.98 Å². The number of carbonyl (C=O) groups excluding carboxylic acids is 2. The van der Waals surface area contributed by atoms with Crippen LogP contribution in [0.1, 0.15) is 32.1 Å². The lowest BCUT2D eigenvalue weighted by Crippen LogP contribution is -2.13. The van der Waals surface area contributed by atoms with Gasteiger partial charge in [0.15, 0.2) is 0 Å². The first-order chi connectivity index (χ1) is 12.0. The van der Waals surface area contributed by atoms with Gasteiger partial charge in [0, 0.05) is 35.8 Å². The molecule has 0 aliphatic heterocycles. The molecule has 25 heavy (non-hydrogen) atoms. The van der Waals surface area contributed by atoms with Crippen molar-refractivity contribution in [1.82, 2.24) is 9.55 Å². The molecule has 0 unspecified atom stereocenters. The molecule has 0 aliphatic rings. The van der Waals surface area contributed by atoms with Crippen molar-refractivity contribution in [3.63, 3.8) is 0 Å². The zero-order chi connectivity index (χ0) is 17.8. The highest BCUT2D eigenvalue weighted by Crippen LogP contribution is 2.13. The molecule has 3 rings (SSSR count). The standard InChI is InChI=1S/C19H18N4O2/c1-13-21-10-11-23(13)12-14-2-4-16(5-3-14)19(25)22-17-8-6-15(7-9-17)18(20)24/h2-11H,12H2,1H3,(H2,20,24)(H,22,25). The maximum absolute atomic E-state index is 12.3. The molecule has 2 aromatic carbocycles. The SMILES string of the molecule is Cc1nccn1Cc1ccc(C(=O)Nc2ccc(C(N)=O)cc2)cc1. The van der Waals surface area contributed by atoms with Crippen molar-refractivity contribution in [2.45, 2.75) is 13.5 Å². The summed E-state index contributed by atoms with van der Waals surface area (Å²) in [5, 5.41) is 2.79. The highest BCUT2D eigenvalue weighted by Gasteiger charge is 2.07. The van der Waals surface area contributed by atoms with Gasteiger partial charge in [-0.15, -0.1) is 0 Å². The van der Waals surface area contributed by atoms with E-state index < -0.39 is 5.91 Å².